The summed E-state index contributed by atoms with van der Waals surface area (Å²) in [6, 6.07) is 6.63. The first-order valence-electron chi connectivity index (χ1n) is 10.9. The van der Waals surface area contributed by atoms with Crippen LogP contribution in [0.15, 0.2) is 30.3 Å². The van der Waals surface area contributed by atoms with Crippen LogP contribution in [-0.4, -0.2) is 0 Å². The first-order valence-corrected chi connectivity index (χ1v) is 10.9. The van der Waals surface area contributed by atoms with E-state index in [1.54, 1.807) is 6.07 Å². The lowest BCUT2D eigenvalue weighted by Gasteiger charge is -2.42. The van der Waals surface area contributed by atoms with Gasteiger partial charge in [-0.3, -0.25) is 0 Å². The molecule has 2 saturated carbocycles. The van der Waals surface area contributed by atoms with E-state index in [2.05, 4.69) is 6.92 Å². The third-order valence-corrected chi connectivity index (χ3v) is 7.18. The van der Waals surface area contributed by atoms with Crippen LogP contribution in [0.2, 0.25) is 0 Å². The minimum absolute atomic E-state index is 0.0170. The Bertz CT molecular complexity index is 852. The van der Waals surface area contributed by atoms with E-state index in [0.29, 0.717) is 5.92 Å². The summed E-state index contributed by atoms with van der Waals surface area (Å²) in [7, 11) is 0. The van der Waals surface area contributed by atoms with Crippen molar-refractivity contribution in [3.05, 3.63) is 59.2 Å². The van der Waals surface area contributed by atoms with Crippen molar-refractivity contribution in [1.82, 2.24) is 0 Å². The van der Waals surface area contributed by atoms with Crippen molar-refractivity contribution in [3.8, 4) is 11.1 Å². The van der Waals surface area contributed by atoms with E-state index < -0.39 is 23.3 Å². The fourth-order valence-corrected chi connectivity index (χ4v) is 5.69. The molecule has 0 saturated heterocycles. The predicted octanol–water partition coefficient (Wildman–Crippen LogP) is 8.01. The Morgan fingerprint density at radius 1 is 0.793 bits per heavy atom. The SMILES string of the molecule is CCCC1CCC2CC(c3ccc(-c4cc(F)c(F)c(F)c4)c(F)c3)CCC2C1. The molecule has 2 aromatic carbocycles. The number of halogens is 4. The highest BCUT2D eigenvalue weighted by atomic mass is 19.2. The number of hydrogen-bond acceptors (Lipinski definition) is 0. The third-order valence-electron chi connectivity index (χ3n) is 7.18. The third kappa shape index (κ3) is 4.22. The van der Waals surface area contributed by atoms with Gasteiger partial charge in [0.2, 0.25) is 0 Å². The van der Waals surface area contributed by atoms with Crippen LogP contribution in [-0.2, 0) is 0 Å². The van der Waals surface area contributed by atoms with Crippen LogP contribution >= 0.6 is 0 Å². The zero-order valence-electron chi connectivity index (χ0n) is 16.9. The second-order valence-corrected chi connectivity index (χ2v) is 8.99. The van der Waals surface area contributed by atoms with Gasteiger partial charge in [-0.15, -0.1) is 0 Å². The average molecular weight is 404 g/mol. The maximum atomic E-state index is 14.8. The summed E-state index contributed by atoms with van der Waals surface area (Å²) < 4.78 is 55.0. The van der Waals surface area contributed by atoms with Crippen LogP contribution in [0.4, 0.5) is 17.6 Å². The van der Waals surface area contributed by atoms with Gasteiger partial charge in [0.1, 0.15) is 5.82 Å². The van der Waals surface area contributed by atoms with Gasteiger partial charge in [-0.1, -0.05) is 38.3 Å². The minimum atomic E-state index is -1.53. The van der Waals surface area contributed by atoms with Crippen LogP contribution in [0.3, 0.4) is 0 Å². The maximum Gasteiger partial charge on any atom is 0.194 e. The molecular weight excluding hydrogens is 376 g/mol. The van der Waals surface area contributed by atoms with Crippen LogP contribution in [0.25, 0.3) is 11.1 Å². The molecular formula is C25H28F4. The molecule has 0 amide bonds. The molecule has 2 aliphatic carbocycles. The molecule has 0 N–H and O–H groups in total. The van der Waals surface area contributed by atoms with Gasteiger partial charge < -0.3 is 0 Å². The highest BCUT2D eigenvalue weighted by Crippen LogP contribution is 2.48. The smallest absolute Gasteiger partial charge is 0.194 e. The van der Waals surface area contributed by atoms with Gasteiger partial charge >= 0.3 is 0 Å². The van der Waals surface area contributed by atoms with Gasteiger partial charge in [0.15, 0.2) is 17.5 Å². The fraction of sp³-hybridized carbons (Fsp3) is 0.520. The van der Waals surface area contributed by atoms with E-state index in [-0.39, 0.29) is 11.1 Å². The summed E-state index contributed by atoms with van der Waals surface area (Å²) in [5.41, 5.74) is 1.08. The predicted molar refractivity (Wildman–Crippen MR) is 108 cm³/mol. The van der Waals surface area contributed by atoms with Crippen LogP contribution in [0.5, 0.6) is 0 Å². The van der Waals surface area contributed by atoms with Crippen molar-refractivity contribution < 1.29 is 17.6 Å². The van der Waals surface area contributed by atoms with E-state index in [9.17, 15) is 17.6 Å². The van der Waals surface area contributed by atoms with Gasteiger partial charge in [-0.05, 0) is 85.1 Å². The summed E-state index contributed by atoms with van der Waals surface area (Å²) in [4.78, 5) is 0. The molecule has 0 bridgehead atoms. The van der Waals surface area contributed by atoms with E-state index in [1.165, 1.54) is 44.6 Å². The molecule has 2 aliphatic rings. The average Bonchev–Trinajstić information content (AvgIpc) is 2.71. The molecule has 2 fully saturated rings. The molecule has 0 aromatic heterocycles. The van der Waals surface area contributed by atoms with Gasteiger partial charge in [-0.2, -0.15) is 0 Å². The lowest BCUT2D eigenvalue weighted by Crippen LogP contribution is -2.30. The van der Waals surface area contributed by atoms with Gasteiger partial charge in [0, 0.05) is 5.56 Å². The molecule has 2 aromatic rings. The van der Waals surface area contributed by atoms with Crippen LogP contribution in [0, 0.1) is 41.0 Å². The Morgan fingerprint density at radius 2 is 1.48 bits per heavy atom. The Kier molecular flexibility index (Phi) is 5.98. The number of fused-ring (bicyclic) bond motifs is 1. The minimum Gasteiger partial charge on any atom is -0.206 e. The van der Waals surface area contributed by atoms with Crippen molar-refractivity contribution in [2.45, 2.75) is 64.2 Å². The Labute approximate surface area is 170 Å². The molecule has 4 rings (SSSR count). The summed E-state index contributed by atoms with van der Waals surface area (Å²) in [5.74, 6) is -1.90. The molecule has 4 atom stereocenters. The molecule has 29 heavy (non-hydrogen) atoms. The number of rotatable bonds is 4. The molecule has 156 valence electrons. The van der Waals surface area contributed by atoms with E-state index in [0.717, 1.165) is 48.3 Å². The number of benzene rings is 2. The molecule has 4 unspecified atom stereocenters. The highest BCUT2D eigenvalue weighted by molar-refractivity contribution is 5.65. The zero-order chi connectivity index (χ0) is 20.5. The topological polar surface area (TPSA) is 0 Å². The van der Waals surface area contributed by atoms with Crippen molar-refractivity contribution in [1.29, 1.82) is 0 Å². The van der Waals surface area contributed by atoms with Crippen LogP contribution in [0.1, 0.15) is 69.8 Å². The second kappa shape index (κ2) is 8.49. The van der Waals surface area contributed by atoms with E-state index in [1.807, 2.05) is 6.07 Å². The standard InChI is InChI=1S/C25H28F4/c1-2-3-15-4-5-17-11-18(7-6-16(17)10-15)19-8-9-21(22(26)12-19)20-13-23(27)25(29)24(28)14-20/h8-9,12-18H,2-7,10-11H2,1H3. The summed E-state index contributed by atoms with van der Waals surface area (Å²) >= 11 is 0. The normalized spacial score (nSPS) is 26.9. The highest BCUT2D eigenvalue weighted by Gasteiger charge is 2.35. The summed E-state index contributed by atoms with van der Waals surface area (Å²) in [5, 5.41) is 0. The lowest BCUT2D eigenvalue weighted by atomic mass is 9.63. The summed E-state index contributed by atoms with van der Waals surface area (Å²) in [6.45, 7) is 2.26. The van der Waals surface area contributed by atoms with Gasteiger partial charge in [0.05, 0.1) is 0 Å². The first-order chi connectivity index (χ1) is 14.0. The lowest BCUT2D eigenvalue weighted by molar-refractivity contribution is 0.114. The maximum absolute atomic E-state index is 14.8. The molecule has 0 nitrogen and oxygen atoms in total. The molecule has 0 radical (unpaired) electrons. The van der Waals surface area contributed by atoms with Crippen LogP contribution < -0.4 is 0 Å². The fourth-order valence-electron chi connectivity index (χ4n) is 5.69. The molecule has 0 aliphatic heterocycles. The van der Waals surface area contributed by atoms with Crippen molar-refractivity contribution >= 4 is 0 Å². The van der Waals surface area contributed by atoms with E-state index >= 15 is 0 Å². The van der Waals surface area contributed by atoms with Crippen molar-refractivity contribution in [2.24, 2.45) is 17.8 Å². The molecule has 0 heterocycles. The Hall–Kier alpha value is -1.84. The van der Waals surface area contributed by atoms with E-state index in [4.69, 9.17) is 0 Å². The Morgan fingerprint density at radius 3 is 2.17 bits per heavy atom. The van der Waals surface area contributed by atoms with Crippen molar-refractivity contribution in [3.63, 3.8) is 0 Å². The monoisotopic (exact) mass is 404 g/mol. The number of hydrogen-bond donors (Lipinski definition) is 0. The Balaban J connectivity index is 1.49. The first kappa shape index (κ1) is 20.4. The molecule has 0 spiro atoms. The van der Waals surface area contributed by atoms with Gasteiger partial charge in [0.25, 0.3) is 0 Å². The van der Waals surface area contributed by atoms with Gasteiger partial charge in [-0.25, -0.2) is 17.6 Å². The largest absolute Gasteiger partial charge is 0.206 e. The quantitative estimate of drug-likeness (QED) is 0.358. The van der Waals surface area contributed by atoms with Crippen molar-refractivity contribution in [2.75, 3.05) is 0 Å². The molecule has 4 heteroatoms. The summed E-state index contributed by atoms with van der Waals surface area (Å²) in [6.07, 6.45) is 9.91. The second-order valence-electron chi connectivity index (χ2n) is 8.99. The zero-order valence-corrected chi connectivity index (χ0v) is 16.9.